The molecule has 0 aliphatic heterocycles. The van der Waals surface area contributed by atoms with Crippen molar-refractivity contribution < 1.29 is 34.0 Å². The molecule has 0 fully saturated rings. The van der Waals surface area contributed by atoms with Crippen LogP contribution in [0.1, 0.15) is 22.3 Å². The predicted octanol–water partition coefficient (Wildman–Crippen LogP) is 5.05. The molecule has 4 N–H and O–H groups in total. The van der Waals surface area contributed by atoms with Crippen LogP contribution in [0.4, 0.5) is 0 Å². The molecule has 0 bridgehead atoms. The minimum absolute atomic E-state index is 0.00467. The van der Waals surface area contributed by atoms with E-state index in [1.807, 2.05) is 6.26 Å². The molecule has 2 unspecified atom stereocenters. The van der Waals surface area contributed by atoms with Gasteiger partial charge in [0, 0.05) is 12.8 Å². The summed E-state index contributed by atoms with van der Waals surface area (Å²) >= 11 is 8.21. The molecule has 0 spiro atoms. The Labute approximate surface area is 206 Å². The van der Waals surface area contributed by atoms with Crippen molar-refractivity contribution in [2.75, 3.05) is 18.7 Å². The third kappa shape index (κ3) is 7.81. The maximum atomic E-state index is 12.6. The van der Waals surface area contributed by atoms with E-state index >= 15 is 0 Å². The fourth-order valence-corrected chi connectivity index (χ4v) is 5.52. The van der Waals surface area contributed by atoms with Crippen LogP contribution in [0.15, 0.2) is 39.3 Å². The fraction of sp³-hybridized carbons (Fsp3) is 0.300. The third-order valence-corrected chi connectivity index (χ3v) is 6.95. The second kappa shape index (κ2) is 11.6. The number of carboxylic acid groups (broad SMARTS) is 1. The van der Waals surface area contributed by atoms with E-state index in [4.69, 9.17) is 4.74 Å². The number of aromatic hydroxyl groups is 1. The lowest BCUT2D eigenvalue weighted by atomic mass is 10.1. The molecule has 174 valence electrons. The molecule has 0 saturated heterocycles. The highest BCUT2D eigenvalue weighted by atomic mass is 79.9. The number of carbonyl (C=O) groups excluding carboxylic acids is 1. The van der Waals surface area contributed by atoms with Gasteiger partial charge in [0.2, 0.25) is 7.37 Å². The number of amides is 1. The fourth-order valence-electron chi connectivity index (χ4n) is 2.75. The van der Waals surface area contributed by atoms with Crippen molar-refractivity contribution in [3.05, 3.63) is 50.4 Å². The molecule has 0 aliphatic carbocycles. The molecule has 0 radical (unpaired) electrons. The molecule has 0 heterocycles. The lowest BCUT2D eigenvalue weighted by molar-refractivity contribution is -0.139. The zero-order chi connectivity index (χ0) is 24.1. The Morgan fingerprint density at radius 1 is 1.22 bits per heavy atom. The van der Waals surface area contributed by atoms with Crippen molar-refractivity contribution in [3.63, 3.8) is 0 Å². The minimum Gasteiger partial charge on any atom is -0.507 e. The molecule has 0 saturated carbocycles. The van der Waals surface area contributed by atoms with Crippen molar-refractivity contribution >= 4 is 62.9 Å². The standard InChI is InChI=1S/C20H22Br2NO7PS/c1-31(28,29)10-11-7-14(21)18(15(22)8-11)30-12-3-4-17(24)13(9-12)19(25)23-16(20(26)27)5-6-32-2/h3-4,7-9,16,24H,5-6,10H2,1-2H3,(H,23,25)(H,26,27)(H,28,29). The SMILES string of the molecule is CSCCC(NC(=O)c1cc(Oc2c(Br)cc(CP(C)(=O)O)cc2Br)ccc1O)C(=O)O. The van der Waals surface area contributed by atoms with Gasteiger partial charge in [-0.25, -0.2) is 4.79 Å². The Morgan fingerprint density at radius 2 is 1.84 bits per heavy atom. The van der Waals surface area contributed by atoms with Gasteiger partial charge in [-0.2, -0.15) is 11.8 Å². The lowest BCUT2D eigenvalue weighted by Crippen LogP contribution is -2.41. The summed E-state index contributed by atoms with van der Waals surface area (Å²) < 4.78 is 18.6. The van der Waals surface area contributed by atoms with Crippen LogP contribution in [-0.2, 0) is 15.5 Å². The van der Waals surface area contributed by atoms with Gasteiger partial charge in [0.1, 0.15) is 17.5 Å². The number of phenols is 1. The normalized spacial score (nSPS) is 13.8. The van der Waals surface area contributed by atoms with Crippen LogP contribution in [0.2, 0.25) is 0 Å². The minimum atomic E-state index is -3.26. The van der Waals surface area contributed by atoms with Gasteiger partial charge < -0.3 is 25.2 Å². The van der Waals surface area contributed by atoms with Gasteiger partial charge in [-0.15, -0.1) is 0 Å². The molecular weight excluding hydrogens is 589 g/mol. The van der Waals surface area contributed by atoms with E-state index < -0.39 is 25.3 Å². The second-order valence-electron chi connectivity index (χ2n) is 7.02. The number of hydrogen-bond acceptors (Lipinski definition) is 6. The molecule has 0 aliphatic rings. The van der Waals surface area contributed by atoms with Crippen LogP contribution in [0, 0.1) is 0 Å². The summed E-state index contributed by atoms with van der Waals surface area (Å²) in [5, 5.41) is 21.8. The van der Waals surface area contributed by atoms with Crippen molar-refractivity contribution in [3.8, 4) is 17.2 Å². The van der Waals surface area contributed by atoms with E-state index in [0.29, 0.717) is 26.0 Å². The van der Waals surface area contributed by atoms with Gasteiger partial charge in [0.05, 0.1) is 14.5 Å². The summed E-state index contributed by atoms with van der Waals surface area (Å²) in [4.78, 5) is 33.6. The Hall–Kier alpha value is -1.52. The summed E-state index contributed by atoms with van der Waals surface area (Å²) in [6.45, 7) is 1.28. The van der Waals surface area contributed by atoms with Gasteiger partial charge in [0.15, 0.2) is 5.75 Å². The summed E-state index contributed by atoms with van der Waals surface area (Å²) in [6.07, 6.45) is 2.07. The maximum absolute atomic E-state index is 12.6. The van der Waals surface area contributed by atoms with E-state index in [1.54, 1.807) is 12.1 Å². The van der Waals surface area contributed by atoms with E-state index in [-0.39, 0.29) is 29.6 Å². The summed E-state index contributed by atoms with van der Waals surface area (Å²) in [6, 6.07) is 6.26. The second-order valence-corrected chi connectivity index (χ2v) is 12.1. The van der Waals surface area contributed by atoms with Crippen LogP contribution in [-0.4, -0.2) is 51.7 Å². The number of phenolic OH excluding ortho intramolecular Hbond substituents is 1. The number of benzene rings is 2. The summed E-state index contributed by atoms with van der Waals surface area (Å²) in [5.41, 5.74) is 0.495. The predicted molar refractivity (Wildman–Crippen MR) is 131 cm³/mol. The average molecular weight is 611 g/mol. The lowest BCUT2D eigenvalue weighted by Gasteiger charge is -2.16. The molecule has 2 aromatic rings. The Bertz CT molecular complexity index is 1040. The monoisotopic (exact) mass is 609 g/mol. The van der Waals surface area contributed by atoms with E-state index in [0.717, 1.165) is 0 Å². The molecule has 2 aromatic carbocycles. The number of carboxylic acids is 1. The van der Waals surface area contributed by atoms with Crippen molar-refractivity contribution in [2.45, 2.75) is 18.6 Å². The molecule has 2 atom stereocenters. The molecule has 12 heteroatoms. The van der Waals surface area contributed by atoms with Crippen LogP contribution in [0.25, 0.3) is 0 Å². The first-order valence-corrected chi connectivity index (χ1v) is 14.5. The number of halogens is 2. The van der Waals surface area contributed by atoms with Gasteiger partial charge in [-0.1, -0.05) is 0 Å². The highest BCUT2D eigenvalue weighted by Crippen LogP contribution is 2.44. The Balaban J connectivity index is 2.27. The topological polar surface area (TPSA) is 133 Å². The smallest absolute Gasteiger partial charge is 0.326 e. The number of aliphatic carboxylic acids is 1. The maximum Gasteiger partial charge on any atom is 0.326 e. The molecule has 2 rings (SSSR count). The Kier molecular flexibility index (Phi) is 9.66. The van der Waals surface area contributed by atoms with Crippen LogP contribution < -0.4 is 10.1 Å². The first-order chi connectivity index (χ1) is 14.9. The van der Waals surface area contributed by atoms with Crippen LogP contribution in [0.3, 0.4) is 0 Å². The molecule has 8 nitrogen and oxygen atoms in total. The highest BCUT2D eigenvalue weighted by Gasteiger charge is 2.23. The number of nitrogens with one attached hydrogen (secondary N) is 1. The van der Waals surface area contributed by atoms with Crippen molar-refractivity contribution in [2.24, 2.45) is 0 Å². The number of carbonyl (C=O) groups is 2. The summed E-state index contributed by atoms with van der Waals surface area (Å²) in [5.74, 6) is -1.09. The molecular formula is C20H22Br2NO7PS. The van der Waals surface area contributed by atoms with Crippen molar-refractivity contribution in [1.82, 2.24) is 5.32 Å². The quantitative estimate of drug-likeness (QED) is 0.275. The third-order valence-electron chi connectivity index (χ3n) is 4.18. The van der Waals surface area contributed by atoms with E-state index in [9.17, 15) is 29.3 Å². The molecule has 32 heavy (non-hydrogen) atoms. The molecule has 1 amide bonds. The van der Waals surface area contributed by atoms with Gasteiger partial charge in [0.25, 0.3) is 5.91 Å². The van der Waals surface area contributed by atoms with Gasteiger partial charge in [-0.05, 0) is 86.2 Å². The highest BCUT2D eigenvalue weighted by molar-refractivity contribution is 9.11. The number of thioether (sulfide) groups is 1. The zero-order valence-electron chi connectivity index (χ0n) is 17.2. The van der Waals surface area contributed by atoms with Crippen LogP contribution in [0.5, 0.6) is 17.2 Å². The van der Waals surface area contributed by atoms with Gasteiger partial charge in [-0.3, -0.25) is 9.36 Å². The largest absolute Gasteiger partial charge is 0.507 e. The number of ether oxygens (including phenoxy) is 1. The molecule has 0 aromatic heterocycles. The van der Waals surface area contributed by atoms with Crippen molar-refractivity contribution in [1.29, 1.82) is 0 Å². The first-order valence-electron chi connectivity index (χ1n) is 9.22. The van der Waals surface area contributed by atoms with Crippen LogP contribution >= 0.6 is 51.0 Å². The first kappa shape index (κ1) is 26.7. The van der Waals surface area contributed by atoms with E-state index in [2.05, 4.69) is 37.2 Å². The van der Waals surface area contributed by atoms with E-state index in [1.165, 1.54) is 36.6 Å². The zero-order valence-corrected chi connectivity index (χ0v) is 22.1. The summed E-state index contributed by atoms with van der Waals surface area (Å²) in [7, 11) is -3.26. The number of rotatable bonds is 10. The number of hydrogen-bond donors (Lipinski definition) is 4. The van der Waals surface area contributed by atoms with Gasteiger partial charge >= 0.3 is 5.97 Å². The Morgan fingerprint density at radius 3 is 2.38 bits per heavy atom. The average Bonchev–Trinajstić information content (AvgIpc) is 2.67.